The minimum absolute atomic E-state index is 0.102. The van der Waals surface area contributed by atoms with Crippen molar-refractivity contribution >= 4 is 18.0 Å². The SMILES string of the molecule is CCN(CC(C)C#N)c1ncc(/C=C/C(=O)O)cn1. The van der Waals surface area contributed by atoms with E-state index in [-0.39, 0.29) is 5.92 Å². The molecule has 1 rings (SSSR count). The fraction of sp³-hybridized carbons (Fsp3) is 0.385. The molecule has 0 fully saturated rings. The lowest BCUT2D eigenvalue weighted by molar-refractivity contribution is -0.131. The van der Waals surface area contributed by atoms with E-state index in [0.29, 0.717) is 24.6 Å². The summed E-state index contributed by atoms with van der Waals surface area (Å²) >= 11 is 0. The van der Waals surface area contributed by atoms with Gasteiger partial charge in [0.25, 0.3) is 0 Å². The zero-order valence-corrected chi connectivity index (χ0v) is 10.9. The highest BCUT2D eigenvalue weighted by atomic mass is 16.4. The molecular formula is C13H16N4O2. The van der Waals surface area contributed by atoms with Gasteiger partial charge in [-0.3, -0.25) is 0 Å². The average Bonchev–Trinajstić information content (AvgIpc) is 2.42. The van der Waals surface area contributed by atoms with Crippen LogP contribution >= 0.6 is 0 Å². The second-order valence-electron chi connectivity index (χ2n) is 4.06. The van der Waals surface area contributed by atoms with E-state index in [9.17, 15) is 4.79 Å². The van der Waals surface area contributed by atoms with Gasteiger partial charge in [0.1, 0.15) is 0 Å². The number of nitriles is 1. The summed E-state index contributed by atoms with van der Waals surface area (Å²) in [4.78, 5) is 20.6. The maximum Gasteiger partial charge on any atom is 0.328 e. The largest absolute Gasteiger partial charge is 0.478 e. The van der Waals surface area contributed by atoms with Crippen LogP contribution in [0.3, 0.4) is 0 Å². The molecule has 0 amide bonds. The van der Waals surface area contributed by atoms with E-state index in [4.69, 9.17) is 10.4 Å². The molecule has 0 aliphatic rings. The first-order valence-electron chi connectivity index (χ1n) is 5.94. The number of rotatable bonds is 6. The van der Waals surface area contributed by atoms with Gasteiger partial charge in [-0.1, -0.05) is 0 Å². The van der Waals surface area contributed by atoms with Crippen molar-refractivity contribution in [2.45, 2.75) is 13.8 Å². The minimum Gasteiger partial charge on any atom is -0.478 e. The Balaban J connectivity index is 2.79. The van der Waals surface area contributed by atoms with Crippen LogP contribution in [0.5, 0.6) is 0 Å². The van der Waals surface area contributed by atoms with Crippen molar-refractivity contribution in [2.75, 3.05) is 18.0 Å². The molecular weight excluding hydrogens is 244 g/mol. The summed E-state index contributed by atoms with van der Waals surface area (Å²) in [6, 6.07) is 2.17. The molecule has 1 atom stereocenters. The van der Waals surface area contributed by atoms with E-state index in [1.807, 2.05) is 18.7 Å². The molecule has 0 aliphatic carbocycles. The van der Waals surface area contributed by atoms with Crippen LogP contribution in [-0.4, -0.2) is 34.1 Å². The zero-order valence-electron chi connectivity index (χ0n) is 10.9. The van der Waals surface area contributed by atoms with E-state index >= 15 is 0 Å². The summed E-state index contributed by atoms with van der Waals surface area (Å²) in [5.41, 5.74) is 0.621. The van der Waals surface area contributed by atoms with Gasteiger partial charge in [0.15, 0.2) is 0 Å². The lowest BCUT2D eigenvalue weighted by atomic mass is 10.2. The number of aliphatic carboxylic acids is 1. The van der Waals surface area contributed by atoms with Gasteiger partial charge in [-0.15, -0.1) is 0 Å². The van der Waals surface area contributed by atoms with Gasteiger partial charge < -0.3 is 10.0 Å². The summed E-state index contributed by atoms with van der Waals surface area (Å²) in [5.74, 6) is -0.575. The van der Waals surface area contributed by atoms with E-state index in [1.54, 1.807) is 12.4 Å². The molecule has 1 aromatic rings. The quantitative estimate of drug-likeness (QED) is 0.780. The Kier molecular flexibility index (Phi) is 5.48. The Morgan fingerprint density at radius 3 is 2.68 bits per heavy atom. The van der Waals surface area contributed by atoms with Gasteiger partial charge in [-0.05, 0) is 19.9 Å². The van der Waals surface area contributed by atoms with Crippen molar-refractivity contribution in [3.05, 3.63) is 24.0 Å². The monoisotopic (exact) mass is 260 g/mol. The number of carboxylic acids is 1. The van der Waals surface area contributed by atoms with Crippen LogP contribution in [0.15, 0.2) is 18.5 Å². The van der Waals surface area contributed by atoms with E-state index in [2.05, 4.69) is 16.0 Å². The summed E-state index contributed by atoms with van der Waals surface area (Å²) in [6.07, 6.45) is 5.58. The third-order valence-corrected chi connectivity index (χ3v) is 2.46. The minimum atomic E-state index is -1.01. The Bertz CT molecular complexity index is 490. The van der Waals surface area contributed by atoms with Crippen LogP contribution in [0.25, 0.3) is 6.08 Å². The van der Waals surface area contributed by atoms with Crippen molar-refractivity contribution in [3.8, 4) is 6.07 Å². The number of hydrogen-bond donors (Lipinski definition) is 1. The summed E-state index contributed by atoms with van der Waals surface area (Å²) in [6.45, 7) is 5.08. The van der Waals surface area contributed by atoms with Crippen LogP contribution in [0, 0.1) is 17.2 Å². The molecule has 1 heterocycles. The highest BCUT2D eigenvalue weighted by Gasteiger charge is 2.11. The smallest absolute Gasteiger partial charge is 0.328 e. The van der Waals surface area contributed by atoms with E-state index in [1.165, 1.54) is 6.08 Å². The van der Waals surface area contributed by atoms with E-state index in [0.717, 1.165) is 6.08 Å². The van der Waals surface area contributed by atoms with Gasteiger partial charge in [0, 0.05) is 37.1 Å². The van der Waals surface area contributed by atoms with E-state index < -0.39 is 5.97 Å². The maximum absolute atomic E-state index is 10.4. The second kappa shape index (κ2) is 7.11. The molecule has 1 aromatic heterocycles. The predicted molar refractivity (Wildman–Crippen MR) is 71.4 cm³/mol. The zero-order chi connectivity index (χ0) is 14.3. The Labute approximate surface area is 112 Å². The van der Waals surface area contributed by atoms with Crippen LogP contribution in [-0.2, 0) is 4.79 Å². The van der Waals surface area contributed by atoms with Gasteiger partial charge >= 0.3 is 5.97 Å². The molecule has 6 nitrogen and oxygen atoms in total. The highest BCUT2D eigenvalue weighted by Crippen LogP contribution is 2.10. The number of anilines is 1. The third kappa shape index (κ3) is 4.76. The first-order valence-corrected chi connectivity index (χ1v) is 5.94. The number of nitrogens with zero attached hydrogens (tertiary/aromatic N) is 4. The first kappa shape index (κ1) is 14.6. The molecule has 0 saturated carbocycles. The predicted octanol–water partition coefficient (Wildman–Crippen LogP) is 1.56. The van der Waals surface area contributed by atoms with Crippen LogP contribution in [0.1, 0.15) is 19.4 Å². The highest BCUT2D eigenvalue weighted by molar-refractivity contribution is 5.85. The molecule has 1 N–H and O–H groups in total. The summed E-state index contributed by atoms with van der Waals surface area (Å²) < 4.78 is 0. The molecule has 0 spiro atoms. The molecule has 0 saturated heterocycles. The van der Waals surface area contributed by atoms with Crippen LogP contribution < -0.4 is 4.90 Å². The lowest BCUT2D eigenvalue weighted by Crippen LogP contribution is -2.29. The Hall–Kier alpha value is -2.42. The standard InChI is InChI=1S/C13H16N4O2/c1-3-17(9-10(2)6-14)13-15-7-11(8-16-13)4-5-12(18)19/h4-5,7-8,10H,3,9H2,1-2H3,(H,18,19)/b5-4+. The molecule has 0 radical (unpaired) electrons. The third-order valence-electron chi connectivity index (χ3n) is 2.46. The van der Waals surface area contributed by atoms with Gasteiger partial charge in [-0.2, -0.15) is 5.26 Å². The lowest BCUT2D eigenvalue weighted by Gasteiger charge is -2.21. The molecule has 0 bridgehead atoms. The fourth-order valence-corrected chi connectivity index (χ4v) is 1.47. The van der Waals surface area contributed by atoms with Gasteiger partial charge in [0.2, 0.25) is 5.95 Å². The maximum atomic E-state index is 10.4. The van der Waals surface area contributed by atoms with Gasteiger partial charge in [-0.25, -0.2) is 14.8 Å². The Morgan fingerprint density at radius 2 is 2.21 bits per heavy atom. The van der Waals surface area contributed by atoms with Gasteiger partial charge in [0.05, 0.1) is 12.0 Å². The average molecular weight is 260 g/mol. The summed E-state index contributed by atoms with van der Waals surface area (Å²) in [7, 11) is 0. The normalized spacial score (nSPS) is 12.1. The summed E-state index contributed by atoms with van der Waals surface area (Å²) in [5, 5.41) is 17.3. The molecule has 0 aliphatic heterocycles. The Morgan fingerprint density at radius 1 is 1.58 bits per heavy atom. The topological polar surface area (TPSA) is 90.1 Å². The van der Waals surface area contributed by atoms with Crippen molar-refractivity contribution in [3.63, 3.8) is 0 Å². The molecule has 0 aromatic carbocycles. The fourth-order valence-electron chi connectivity index (χ4n) is 1.47. The molecule has 6 heteroatoms. The van der Waals surface area contributed by atoms with Crippen molar-refractivity contribution < 1.29 is 9.90 Å². The number of hydrogen-bond acceptors (Lipinski definition) is 5. The molecule has 100 valence electrons. The van der Waals surface area contributed by atoms with Crippen molar-refractivity contribution in [2.24, 2.45) is 5.92 Å². The number of carboxylic acid groups (broad SMARTS) is 1. The first-order chi connectivity index (χ1) is 9.06. The van der Waals surface area contributed by atoms with Crippen LogP contribution in [0.2, 0.25) is 0 Å². The van der Waals surface area contributed by atoms with Crippen molar-refractivity contribution in [1.82, 2.24) is 9.97 Å². The molecule has 19 heavy (non-hydrogen) atoms. The number of aromatic nitrogens is 2. The van der Waals surface area contributed by atoms with Crippen molar-refractivity contribution in [1.29, 1.82) is 5.26 Å². The van der Waals surface area contributed by atoms with Crippen LogP contribution in [0.4, 0.5) is 5.95 Å². The number of carbonyl (C=O) groups is 1. The molecule has 1 unspecified atom stereocenters. The second-order valence-corrected chi connectivity index (χ2v) is 4.06.